The van der Waals surface area contributed by atoms with Crippen LogP contribution in [0.15, 0.2) is 46.6 Å². The molecule has 228 valence electrons. The monoisotopic (exact) mass is 614 g/mol. The maximum atomic E-state index is 13.8. The van der Waals surface area contributed by atoms with Crippen LogP contribution in [0.3, 0.4) is 0 Å². The van der Waals surface area contributed by atoms with Crippen LogP contribution >= 0.6 is 0 Å². The average Bonchev–Trinajstić information content (AvgIpc) is 3.51. The summed E-state index contributed by atoms with van der Waals surface area (Å²) >= 11 is 0. The molecule has 0 radical (unpaired) electrons. The molecule has 0 spiro atoms. The highest BCUT2D eigenvalue weighted by Gasteiger charge is 2.56. The summed E-state index contributed by atoms with van der Waals surface area (Å²) in [6.07, 6.45) is -5.26. The number of hydrogen-bond acceptors (Lipinski definition) is 13. The van der Waals surface area contributed by atoms with Gasteiger partial charge in [-0.1, -0.05) is 0 Å². The van der Waals surface area contributed by atoms with Crippen LogP contribution in [0.4, 0.5) is 0 Å². The standard InChI is InChI=1S/C32H22O13/c1-9-20-23(30-16(42-9)7-18(35)43-30)28(39)21-12(26(20)37)3-10(5-14(21)33)11-4-13-22(15(34)6-11)29(40)24-25(27(13)38)32(2,41)45-17-8-19(36)44-31(17)24/h3-6,9,16-17,30-31,33-34,41H,7-8H2,1-2H3/t9-,16-,17-,30+,31+,32+/m0/s1. The van der Waals surface area contributed by atoms with Crippen molar-refractivity contribution in [3.05, 3.63) is 68.8 Å². The maximum Gasteiger partial charge on any atom is 0.309 e. The number of carbonyl (C=O) groups excluding carboxylic acids is 6. The van der Waals surface area contributed by atoms with Crippen molar-refractivity contribution in [3.8, 4) is 22.6 Å². The van der Waals surface area contributed by atoms with E-state index in [1.54, 1.807) is 6.92 Å². The first-order valence-corrected chi connectivity index (χ1v) is 14.1. The Labute approximate surface area is 252 Å². The van der Waals surface area contributed by atoms with E-state index in [0.717, 1.165) is 6.07 Å². The van der Waals surface area contributed by atoms with Crippen molar-refractivity contribution in [2.24, 2.45) is 0 Å². The summed E-state index contributed by atoms with van der Waals surface area (Å²) in [7, 11) is 0. The Morgan fingerprint density at radius 3 is 1.80 bits per heavy atom. The van der Waals surface area contributed by atoms with Crippen LogP contribution in [-0.4, -0.2) is 86.7 Å². The predicted octanol–water partition coefficient (Wildman–Crippen LogP) is 1.64. The Morgan fingerprint density at radius 2 is 1.20 bits per heavy atom. The highest BCUT2D eigenvalue weighted by atomic mass is 16.7. The molecule has 0 bridgehead atoms. The van der Waals surface area contributed by atoms with Crippen molar-refractivity contribution >= 4 is 35.1 Å². The fraction of sp³-hybridized carbons (Fsp3) is 0.312. The number of aromatic hydroxyl groups is 2. The van der Waals surface area contributed by atoms with Gasteiger partial charge in [0.15, 0.2) is 41.1 Å². The summed E-state index contributed by atoms with van der Waals surface area (Å²) in [5.41, 5.74) is -1.69. The van der Waals surface area contributed by atoms with E-state index in [4.69, 9.17) is 18.9 Å². The molecule has 4 heterocycles. The van der Waals surface area contributed by atoms with Crippen LogP contribution in [0.5, 0.6) is 11.5 Å². The molecule has 2 aromatic carbocycles. The Kier molecular flexibility index (Phi) is 5.39. The van der Waals surface area contributed by atoms with Crippen LogP contribution in [0, 0.1) is 0 Å². The number of esters is 2. The third-order valence-electron chi connectivity index (χ3n) is 9.16. The molecule has 0 saturated carbocycles. The Morgan fingerprint density at radius 1 is 0.689 bits per heavy atom. The molecule has 45 heavy (non-hydrogen) atoms. The number of carbonyl (C=O) groups is 6. The molecular formula is C32H22O13. The molecule has 6 aliphatic rings. The summed E-state index contributed by atoms with van der Waals surface area (Å²) in [6.45, 7) is 2.74. The van der Waals surface area contributed by atoms with Gasteiger partial charge in [0.05, 0.1) is 46.8 Å². The van der Waals surface area contributed by atoms with Gasteiger partial charge in [0, 0.05) is 16.7 Å². The zero-order chi connectivity index (χ0) is 31.9. The molecule has 2 saturated heterocycles. The summed E-state index contributed by atoms with van der Waals surface area (Å²) in [6, 6.07) is 4.88. The van der Waals surface area contributed by atoms with Crippen LogP contribution < -0.4 is 0 Å². The molecular weight excluding hydrogens is 592 g/mol. The molecule has 2 aliphatic carbocycles. The van der Waals surface area contributed by atoms with Crippen LogP contribution in [0.1, 0.15) is 68.1 Å². The number of phenolic OH excluding ortho intramolecular Hbond substituents is 2. The first-order valence-electron chi connectivity index (χ1n) is 14.1. The molecule has 2 fully saturated rings. The third-order valence-corrected chi connectivity index (χ3v) is 9.16. The largest absolute Gasteiger partial charge is 0.507 e. The summed E-state index contributed by atoms with van der Waals surface area (Å²) in [5, 5.41) is 33.2. The number of fused-ring (bicyclic) bond motifs is 6. The van der Waals surface area contributed by atoms with Gasteiger partial charge in [-0.15, -0.1) is 0 Å². The highest BCUT2D eigenvalue weighted by Crippen LogP contribution is 2.48. The second-order valence-electron chi connectivity index (χ2n) is 12.0. The molecule has 6 atom stereocenters. The minimum atomic E-state index is -2.26. The van der Waals surface area contributed by atoms with E-state index in [-0.39, 0.29) is 62.9 Å². The summed E-state index contributed by atoms with van der Waals surface area (Å²) in [5.74, 6) is -7.72. The number of rotatable bonds is 1. The Bertz CT molecular complexity index is 1960. The maximum absolute atomic E-state index is 13.8. The lowest BCUT2D eigenvalue weighted by molar-refractivity contribution is -0.206. The lowest BCUT2D eigenvalue weighted by Crippen LogP contribution is -2.51. The molecule has 0 amide bonds. The smallest absolute Gasteiger partial charge is 0.309 e. The van der Waals surface area contributed by atoms with Gasteiger partial charge < -0.3 is 34.3 Å². The zero-order valence-corrected chi connectivity index (χ0v) is 23.5. The SMILES string of the molecule is C[C@@H]1O[C@H]2CC(=O)O[C@H]2C2=C1C(=O)c1cc(-c3cc(O)c4c(c3)C(=O)C3=C(C4=O)[C@@H]4OC(=O)C[C@@H]4O[C@@]3(C)O)cc(O)c1C2=O. The van der Waals surface area contributed by atoms with Gasteiger partial charge in [0.25, 0.3) is 0 Å². The molecule has 3 N–H and O–H groups in total. The molecule has 4 aliphatic heterocycles. The second kappa shape index (κ2) is 8.81. The molecule has 8 rings (SSSR count). The number of ketones is 4. The topological polar surface area (TPSA) is 200 Å². The number of aliphatic hydroxyl groups is 1. The molecule has 0 aromatic heterocycles. The van der Waals surface area contributed by atoms with Crippen LogP contribution in [0.2, 0.25) is 0 Å². The predicted molar refractivity (Wildman–Crippen MR) is 145 cm³/mol. The van der Waals surface area contributed by atoms with Gasteiger partial charge in [-0.2, -0.15) is 0 Å². The van der Waals surface area contributed by atoms with E-state index in [0.29, 0.717) is 0 Å². The van der Waals surface area contributed by atoms with Gasteiger partial charge in [0.1, 0.15) is 23.7 Å². The van der Waals surface area contributed by atoms with Crippen molar-refractivity contribution < 1.29 is 63.0 Å². The van der Waals surface area contributed by atoms with Gasteiger partial charge >= 0.3 is 11.9 Å². The van der Waals surface area contributed by atoms with E-state index >= 15 is 0 Å². The van der Waals surface area contributed by atoms with Gasteiger partial charge in [0.2, 0.25) is 0 Å². The number of ether oxygens (including phenoxy) is 4. The Hall–Kier alpha value is -4.98. The lowest BCUT2D eigenvalue weighted by atomic mass is 9.74. The fourth-order valence-electron chi connectivity index (χ4n) is 7.34. The Balaban J connectivity index is 1.24. The average molecular weight is 615 g/mol. The summed E-state index contributed by atoms with van der Waals surface area (Å²) < 4.78 is 21.9. The summed E-state index contributed by atoms with van der Waals surface area (Å²) in [4.78, 5) is 78.9. The van der Waals surface area contributed by atoms with Crippen molar-refractivity contribution in [2.45, 2.75) is 63.0 Å². The zero-order valence-electron chi connectivity index (χ0n) is 23.5. The number of phenols is 2. The van der Waals surface area contributed by atoms with Crippen molar-refractivity contribution in [2.75, 3.05) is 0 Å². The van der Waals surface area contributed by atoms with E-state index < -0.39 is 88.5 Å². The molecule has 13 heteroatoms. The number of benzene rings is 2. The number of hydrogen-bond donors (Lipinski definition) is 3. The fourth-order valence-corrected chi connectivity index (χ4v) is 7.34. The lowest BCUT2D eigenvalue weighted by Gasteiger charge is -2.40. The van der Waals surface area contributed by atoms with Gasteiger partial charge in [-0.3, -0.25) is 28.8 Å². The van der Waals surface area contributed by atoms with Crippen molar-refractivity contribution in [1.29, 1.82) is 0 Å². The van der Waals surface area contributed by atoms with E-state index in [1.807, 2.05) is 0 Å². The van der Waals surface area contributed by atoms with Crippen molar-refractivity contribution in [3.63, 3.8) is 0 Å². The van der Waals surface area contributed by atoms with Gasteiger partial charge in [-0.25, -0.2) is 0 Å². The minimum absolute atomic E-state index is 0.000948. The third kappa shape index (κ3) is 3.59. The molecule has 13 nitrogen and oxygen atoms in total. The highest BCUT2D eigenvalue weighted by molar-refractivity contribution is 6.30. The van der Waals surface area contributed by atoms with Gasteiger partial charge in [-0.05, 0) is 49.2 Å². The molecule has 0 unspecified atom stereocenters. The van der Waals surface area contributed by atoms with Crippen LogP contribution in [0.25, 0.3) is 11.1 Å². The normalized spacial score (nSPS) is 31.6. The van der Waals surface area contributed by atoms with Crippen LogP contribution in [-0.2, 0) is 28.5 Å². The van der Waals surface area contributed by atoms with E-state index in [2.05, 4.69) is 0 Å². The first kappa shape index (κ1) is 27.6. The number of Topliss-reactive ketones (excluding diaryl/α,β-unsaturated/α-hetero) is 4. The quantitative estimate of drug-likeness (QED) is 0.392. The molecule has 2 aromatic rings. The second-order valence-corrected chi connectivity index (χ2v) is 12.0. The van der Waals surface area contributed by atoms with E-state index in [1.165, 1.54) is 25.1 Å². The first-order chi connectivity index (χ1) is 21.3. The minimum Gasteiger partial charge on any atom is -0.507 e. The van der Waals surface area contributed by atoms with E-state index in [9.17, 15) is 44.1 Å². The van der Waals surface area contributed by atoms with Crippen molar-refractivity contribution in [1.82, 2.24) is 0 Å².